The number of carbonyl (C=O) groups excluding carboxylic acids is 2. The van der Waals surface area contributed by atoms with Gasteiger partial charge in [-0.25, -0.2) is 0 Å². The Morgan fingerprint density at radius 1 is 1.22 bits per heavy atom. The van der Waals surface area contributed by atoms with E-state index >= 15 is 0 Å². The van der Waals surface area contributed by atoms with Gasteiger partial charge in [-0.05, 0) is 29.8 Å². The molecule has 0 radical (unpaired) electrons. The minimum Gasteiger partial charge on any atom is -0.366 e. The van der Waals surface area contributed by atoms with Crippen molar-refractivity contribution in [2.75, 3.05) is 0 Å². The fourth-order valence-electron chi connectivity index (χ4n) is 1.96. The van der Waals surface area contributed by atoms with Crippen LogP contribution in [0.4, 0.5) is 5.69 Å². The maximum absolute atomic E-state index is 12.1. The van der Waals surface area contributed by atoms with Crippen LogP contribution in [0.2, 0.25) is 5.02 Å². The second-order valence-electron chi connectivity index (χ2n) is 4.67. The van der Waals surface area contributed by atoms with Crippen LogP contribution in [0.1, 0.15) is 26.3 Å². The predicted octanol–water partition coefficient (Wildman–Crippen LogP) is 2.28. The molecule has 0 aliphatic rings. The first-order valence-corrected chi connectivity index (χ1v) is 6.87. The van der Waals surface area contributed by atoms with Crippen LogP contribution >= 0.6 is 11.6 Å². The Kier molecular flexibility index (Phi) is 4.92. The Morgan fingerprint density at radius 3 is 2.61 bits per heavy atom. The second kappa shape index (κ2) is 6.89. The van der Waals surface area contributed by atoms with E-state index in [-0.39, 0.29) is 22.8 Å². The van der Waals surface area contributed by atoms with E-state index in [4.69, 9.17) is 17.3 Å². The standard InChI is InChI=1S/C15H12ClN3O4/c16-11-4-5-12(13(7-11)19(22)23)15(21)18-8-9-2-1-3-10(6-9)14(17)20/h1-7H,8H2,(H2,17,20)(H,18,21). The van der Waals surface area contributed by atoms with E-state index in [1.807, 2.05) is 0 Å². The molecule has 0 aliphatic carbocycles. The first kappa shape index (κ1) is 16.4. The summed E-state index contributed by atoms with van der Waals surface area (Å²) in [4.78, 5) is 33.6. The fraction of sp³-hybridized carbons (Fsp3) is 0.0667. The monoisotopic (exact) mass is 333 g/mol. The van der Waals surface area contributed by atoms with Crippen LogP contribution in [0.3, 0.4) is 0 Å². The molecule has 2 rings (SSSR count). The van der Waals surface area contributed by atoms with E-state index in [9.17, 15) is 19.7 Å². The van der Waals surface area contributed by atoms with Gasteiger partial charge in [-0.2, -0.15) is 0 Å². The minimum atomic E-state index is -0.672. The van der Waals surface area contributed by atoms with Gasteiger partial charge in [-0.1, -0.05) is 23.7 Å². The predicted molar refractivity (Wildman–Crippen MR) is 84.2 cm³/mol. The molecule has 0 unspecified atom stereocenters. The largest absolute Gasteiger partial charge is 0.366 e. The number of nitrogens with two attached hydrogens (primary N) is 1. The Balaban J connectivity index is 2.16. The zero-order chi connectivity index (χ0) is 17.0. The van der Waals surface area contributed by atoms with Crippen molar-refractivity contribution in [3.8, 4) is 0 Å². The van der Waals surface area contributed by atoms with Crippen molar-refractivity contribution in [1.82, 2.24) is 5.32 Å². The number of hydrogen-bond acceptors (Lipinski definition) is 4. The van der Waals surface area contributed by atoms with Crippen molar-refractivity contribution in [1.29, 1.82) is 0 Å². The summed E-state index contributed by atoms with van der Waals surface area (Å²) in [6, 6.07) is 10.2. The molecule has 0 bridgehead atoms. The molecular weight excluding hydrogens is 322 g/mol. The van der Waals surface area contributed by atoms with Gasteiger partial charge in [0.1, 0.15) is 5.56 Å². The lowest BCUT2D eigenvalue weighted by Crippen LogP contribution is -2.24. The normalized spacial score (nSPS) is 10.1. The maximum Gasteiger partial charge on any atom is 0.283 e. The highest BCUT2D eigenvalue weighted by Gasteiger charge is 2.20. The summed E-state index contributed by atoms with van der Waals surface area (Å²) in [5.41, 5.74) is 5.68. The molecule has 8 heteroatoms. The number of nitrogens with zero attached hydrogens (tertiary/aromatic N) is 1. The van der Waals surface area contributed by atoms with Gasteiger partial charge >= 0.3 is 0 Å². The lowest BCUT2D eigenvalue weighted by atomic mass is 10.1. The number of primary amides is 1. The number of benzene rings is 2. The van der Waals surface area contributed by atoms with Crippen molar-refractivity contribution >= 4 is 29.1 Å². The van der Waals surface area contributed by atoms with Gasteiger partial charge < -0.3 is 11.1 Å². The molecule has 0 aliphatic heterocycles. The number of rotatable bonds is 5. The molecule has 0 saturated heterocycles. The van der Waals surface area contributed by atoms with Gasteiger partial charge in [-0.3, -0.25) is 19.7 Å². The topological polar surface area (TPSA) is 115 Å². The highest BCUT2D eigenvalue weighted by atomic mass is 35.5. The Labute approximate surface area is 136 Å². The number of hydrogen-bond donors (Lipinski definition) is 2. The quantitative estimate of drug-likeness (QED) is 0.645. The highest BCUT2D eigenvalue weighted by Crippen LogP contribution is 2.23. The average molecular weight is 334 g/mol. The molecule has 0 spiro atoms. The highest BCUT2D eigenvalue weighted by molar-refractivity contribution is 6.31. The van der Waals surface area contributed by atoms with Crippen LogP contribution in [-0.2, 0) is 6.54 Å². The van der Waals surface area contributed by atoms with Crippen LogP contribution in [-0.4, -0.2) is 16.7 Å². The number of nitrogens with one attached hydrogen (secondary N) is 1. The van der Waals surface area contributed by atoms with Crippen LogP contribution in [0, 0.1) is 10.1 Å². The summed E-state index contributed by atoms with van der Waals surface area (Å²) in [6.07, 6.45) is 0. The average Bonchev–Trinajstić information content (AvgIpc) is 2.52. The number of amides is 2. The number of carbonyl (C=O) groups is 2. The Morgan fingerprint density at radius 2 is 1.96 bits per heavy atom. The molecule has 23 heavy (non-hydrogen) atoms. The third-order valence-electron chi connectivity index (χ3n) is 3.07. The van der Waals surface area contributed by atoms with Crippen molar-refractivity contribution in [3.63, 3.8) is 0 Å². The van der Waals surface area contributed by atoms with E-state index < -0.39 is 16.7 Å². The van der Waals surface area contributed by atoms with Gasteiger partial charge in [0.2, 0.25) is 5.91 Å². The number of nitro benzene ring substituents is 1. The van der Waals surface area contributed by atoms with Crippen molar-refractivity contribution in [3.05, 3.63) is 74.3 Å². The summed E-state index contributed by atoms with van der Waals surface area (Å²) in [6.45, 7) is 0.0970. The summed E-state index contributed by atoms with van der Waals surface area (Å²) in [5.74, 6) is -1.19. The third kappa shape index (κ3) is 4.04. The van der Waals surface area contributed by atoms with Crippen LogP contribution in [0.5, 0.6) is 0 Å². The molecular formula is C15H12ClN3O4. The van der Waals surface area contributed by atoms with E-state index in [0.717, 1.165) is 6.07 Å². The lowest BCUT2D eigenvalue weighted by Gasteiger charge is -2.07. The van der Waals surface area contributed by atoms with Crippen LogP contribution in [0.25, 0.3) is 0 Å². The Bertz CT molecular complexity index is 792. The third-order valence-corrected chi connectivity index (χ3v) is 3.30. The van der Waals surface area contributed by atoms with Gasteiger partial charge in [0, 0.05) is 23.2 Å². The molecule has 7 nitrogen and oxygen atoms in total. The van der Waals surface area contributed by atoms with Crippen LogP contribution < -0.4 is 11.1 Å². The van der Waals surface area contributed by atoms with Gasteiger partial charge in [0.25, 0.3) is 11.6 Å². The molecule has 3 N–H and O–H groups in total. The molecule has 2 amide bonds. The van der Waals surface area contributed by atoms with Gasteiger partial charge in [0.05, 0.1) is 4.92 Å². The summed E-state index contributed by atoms with van der Waals surface area (Å²) in [5, 5.41) is 13.7. The van der Waals surface area contributed by atoms with Crippen molar-refractivity contribution in [2.45, 2.75) is 6.54 Å². The van der Waals surface area contributed by atoms with Crippen LogP contribution in [0.15, 0.2) is 42.5 Å². The lowest BCUT2D eigenvalue weighted by molar-refractivity contribution is -0.385. The zero-order valence-corrected chi connectivity index (χ0v) is 12.5. The van der Waals surface area contributed by atoms with E-state index in [1.54, 1.807) is 24.3 Å². The molecule has 2 aromatic carbocycles. The maximum atomic E-state index is 12.1. The SMILES string of the molecule is NC(=O)c1cccc(CNC(=O)c2ccc(Cl)cc2[N+](=O)[O-])c1. The van der Waals surface area contributed by atoms with Gasteiger partial charge in [-0.15, -0.1) is 0 Å². The molecule has 0 heterocycles. The fourth-order valence-corrected chi connectivity index (χ4v) is 2.13. The molecule has 0 saturated carbocycles. The summed E-state index contributed by atoms with van der Waals surface area (Å²) in [7, 11) is 0. The molecule has 118 valence electrons. The van der Waals surface area contributed by atoms with Gasteiger partial charge in [0.15, 0.2) is 0 Å². The van der Waals surface area contributed by atoms with E-state index in [1.165, 1.54) is 12.1 Å². The number of halogens is 1. The first-order chi connectivity index (χ1) is 10.9. The molecule has 0 fully saturated rings. The molecule has 0 aromatic heterocycles. The van der Waals surface area contributed by atoms with E-state index in [0.29, 0.717) is 11.1 Å². The van der Waals surface area contributed by atoms with E-state index in [2.05, 4.69) is 5.32 Å². The minimum absolute atomic E-state index is 0.0922. The summed E-state index contributed by atoms with van der Waals surface area (Å²) < 4.78 is 0. The second-order valence-corrected chi connectivity index (χ2v) is 5.10. The van der Waals surface area contributed by atoms with Crippen molar-refractivity contribution < 1.29 is 14.5 Å². The smallest absolute Gasteiger partial charge is 0.283 e. The molecule has 0 atom stereocenters. The number of nitro groups is 1. The zero-order valence-electron chi connectivity index (χ0n) is 11.8. The Hall–Kier alpha value is -2.93. The summed E-state index contributed by atoms with van der Waals surface area (Å²) >= 11 is 5.71. The molecule has 2 aromatic rings. The van der Waals surface area contributed by atoms with Crippen molar-refractivity contribution in [2.24, 2.45) is 5.73 Å². The first-order valence-electron chi connectivity index (χ1n) is 6.49.